The Labute approximate surface area is 153 Å². The van der Waals surface area contributed by atoms with E-state index in [1.165, 1.54) is 4.88 Å². The molecule has 0 atom stereocenters. The minimum Gasteiger partial charge on any atom is -0.383 e. The lowest BCUT2D eigenvalue weighted by atomic mass is 9.96. The van der Waals surface area contributed by atoms with Crippen molar-refractivity contribution in [1.82, 2.24) is 10.2 Å². The number of thiophene rings is 1. The third-order valence-electron chi connectivity index (χ3n) is 4.80. The fourth-order valence-electron chi connectivity index (χ4n) is 3.23. The molecule has 1 aromatic heterocycles. The molecular weight excluding hydrogens is 332 g/mol. The number of carbonyl (C=O) groups is 1. The molecule has 0 saturated carbocycles. The van der Waals surface area contributed by atoms with Gasteiger partial charge in [0.15, 0.2) is 0 Å². The zero-order chi connectivity index (χ0) is 17.5. The summed E-state index contributed by atoms with van der Waals surface area (Å²) in [5, 5.41) is 5.18. The molecule has 0 radical (unpaired) electrons. The molecule has 0 spiro atoms. The van der Waals surface area contributed by atoms with Crippen molar-refractivity contribution >= 4 is 17.2 Å². The minimum absolute atomic E-state index is 0.0280. The minimum atomic E-state index is 0.0280. The SMILES string of the molecule is COCCN1CCC(CNC(=O)c2cccc(-c3cccs3)c2)CC1. The average Bonchev–Trinajstić information content (AvgIpc) is 3.20. The highest BCUT2D eigenvalue weighted by Gasteiger charge is 2.19. The van der Waals surface area contributed by atoms with Gasteiger partial charge in [-0.2, -0.15) is 0 Å². The van der Waals surface area contributed by atoms with Gasteiger partial charge in [-0.25, -0.2) is 0 Å². The van der Waals surface area contributed by atoms with E-state index in [-0.39, 0.29) is 5.91 Å². The third kappa shape index (κ3) is 5.14. The molecule has 2 aromatic rings. The van der Waals surface area contributed by atoms with Crippen LogP contribution in [0.1, 0.15) is 23.2 Å². The Morgan fingerprint density at radius 3 is 2.84 bits per heavy atom. The van der Waals surface area contributed by atoms with Gasteiger partial charge in [0, 0.05) is 30.6 Å². The topological polar surface area (TPSA) is 41.6 Å². The largest absolute Gasteiger partial charge is 0.383 e. The van der Waals surface area contributed by atoms with Gasteiger partial charge in [0.05, 0.1) is 6.61 Å². The molecule has 1 aliphatic rings. The summed E-state index contributed by atoms with van der Waals surface area (Å²) < 4.78 is 5.14. The summed E-state index contributed by atoms with van der Waals surface area (Å²) in [6.07, 6.45) is 2.28. The van der Waals surface area contributed by atoms with E-state index in [9.17, 15) is 4.79 Å². The normalized spacial score (nSPS) is 16.0. The summed E-state index contributed by atoms with van der Waals surface area (Å²) in [6, 6.07) is 12.0. The van der Waals surface area contributed by atoms with Crippen molar-refractivity contribution in [2.75, 3.05) is 39.9 Å². The second-order valence-electron chi connectivity index (χ2n) is 6.55. The van der Waals surface area contributed by atoms with Crippen LogP contribution >= 0.6 is 11.3 Å². The number of carbonyl (C=O) groups excluding carboxylic acids is 1. The van der Waals surface area contributed by atoms with E-state index in [1.807, 2.05) is 24.3 Å². The molecular formula is C20H26N2O2S. The van der Waals surface area contributed by atoms with E-state index in [2.05, 4.69) is 27.7 Å². The first kappa shape index (κ1) is 18.1. The fourth-order valence-corrected chi connectivity index (χ4v) is 3.95. The molecule has 1 fully saturated rings. The molecule has 1 saturated heterocycles. The summed E-state index contributed by atoms with van der Waals surface area (Å²) in [5.41, 5.74) is 1.84. The van der Waals surface area contributed by atoms with Crippen molar-refractivity contribution in [3.8, 4) is 10.4 Å². The average molecular weight is 359 g/mol. The highest BCUT2D eigenvalue weighted by molar-refractivity contribution is 7.13. The van der Waals surface area contributed by atoms with Crippen LogP contribution in [-0.2, 0) is 4.74 Å². The van der Waals surface area contributed by atoms with E-state index in [0.717, 1.165) is 56.8 Å². The number of hydrogen-bond acceptors (Lipinski definition) is 4. The van der Waals surface area contributed by atoms with Gasteiger partial charge in [0.1, 0.15) is 0 Å². The Bertz CT molecular complexity index is 664. The number of nitrogens with zero attached hydrogens (tertiary/aromatic N) is 1. The first-order chi connectivity index (χ1) is 12.3. The quantitative estimate of drug-likeness (QED) is 0.824. The lowest BCUT2D eigenvalue weighted by molar-refractivity contribution is 0.0926. The molecule has 4 nitrogen and oxygen atoms in total. The van der Waals surface area contributed by atoms with E-state index < -0.39 is 0 Å². The Hall–Kier alpha value is -1.69. The molecule has 0 aliphatic carbocycles. The van der Waals surface area contributed by atoms with Crippen molar-refractivity contribution in [2.24, 2.45) is 5.92 Å². The van der Waals surface area contributed by atoms with Gasteiger partial charge < -0.3 is 15.0 Å². The van der Waals surface area contributed by atoms with Crippen LogP contribution in [-0.4, -0.2) is 50.7 Å². The number of ether oxygens (including phenoxy) is 1. The second kappa shape index (κ2) is 9.13. The van der Waals surface area contributed by atoms with Gasteiger partial charge in [-0.15, -0.1) is 11.3 Å². The Morgan fingerprint density at radius 1 is 1.28 bits per heavy atom. The number of methoxy groups -OCH3 is 1. The summed E-state index contributed by atoms with van der Waals surface area (Å²) in [7, 11) is 1.75. The summed E-state index contributed by atoms with van der Waals surface area (Å²) in [5.74, 6) is 0.600. The number of nitrogens with one attached hydrogen (secondary N) is 1. The van der Waals surface area contributed by atoms with Crippen molar-refractivity contribution in [2.45, 2.75) is 12.8 Å². The number of hydrogen-bond donors (Lipinski definition) is 1. The highest BCUT2D eigenvalue weighted by atomic mass is 32.1. The maximum atomic E-state index is 12.5. The van der Waals surface area contributed by atoms with Crippen LogP contribution in [0.4, 0.5) is 0 Å². The number of piperidine rings is 1. The van der Waals surface area contributed by atoms with E-state index in [0.29, 0.717) is 5.92 Å². The molecule has 1 aliphatic heterocycles. The van der Waals surface area contributed by atoms with Crippen LogP contribution in [0, 0.1) is 5.92 Å². The van der Waals surface area contributed by atoms with Crippen LogP contribution < -0.4 is 5.32 Å². The van der Waals surface area contributed by atoms with E-state index >= 15 is 0 Å². The van der Waals surface area contributed by atoms with Crippen LogP contribution in [0.5, 0.6) is 0 Å². The Balaban J connectivity index is 1.48. The van der Waals surface area contributed by atoms with Gasteiger partial charge in [0.2, 0.25) is 0 Å². The number of likely N-dealkylation sites (tertiary alicyclic amines) is 1. The summed E-state index contributed by atoms with van der Waals surface area (Å²) in [6.45, 7) is 4.75. The van der Waals surface area contributed by atoms with Crippen molar-refractivity contribution < 1.29 is 9.53 Å². The number of amides is 1. The predicted molar refractivity (Wildman–Crippen MR) is 103 cm³/mol. The molecule has 1 amide bonds. The van der Waals surface area contributed by atoms with Crippen LogP contribution in [0.3, 0.4) is 0 Å². The molecule has 134 valence electrons. The maximum absolute atomic E-state index is 12.5. The Morgan fingerprint density at radius 2 is 2.12 bits per heavy atom. The fraction of sp³-hybridized carbons (Fsp3) is 0.450. The predicted octanol–water partition coefficient (Wildman–Crippen LogP) is 3.50. The zero-order valence-electron chi connectivity index (χ0n) is 14.7. The van der Waals surface area contributed by atoms with Gasteiger partial charge in [-0.05, 0) is 61.0 Å². The van der Waals surface area contributed by atoms with Crippen molar-refractivity contribution in [3.63, 3.8) is 0 Å². The molecule has 1 aromatic carbocycles. The van der Waals surface area contributed by atoms with Gasteiger partial charge >= 0.3 is 0 Å². The lowest BCUT2D eigenvalue weighted by Gasteiger charge is -2.31. The molecule has 3 rings (SSSR count). The first-order valence-electron chi connectivity index (χ1n) is 8.89. The lowest BCUT2D eigenvalue weighted by Crippen LogP contribution is -2.39. The zero-order valence-corrected chi connectivity index (χ0v) is 15.6. The Kier molecular flexibility index (Phi) is 6.62. The molecule has 1 N–H and O–H groups in total. The first-order valence-corrected chi connectivity index (χ1v) is 9.77. The molecule has 0 bridgehead atoms. The van der Waals surface area contributed by atoms with Gasteiger partial charge in [0.25, 0.3) is 5.91 Å². The standard InChI is InChI=1S/C20H26N2O2S/c1-24-12-11-22-9-7-16(8-10-22)15-21-20(23)18-5-2-4-17(14-18)19-6-3-13-25-19/h2-6,13-14,16H,7-12,15H2,1H3,(H,21,23). The molecule has 2 heterocycles. The van der Waals surface area contributed by atoms with Gasteiger partial charge in [-0.3, -0.25) is 4.79 Å². The third-order valence-corrected chi connectivity index (χ3v) is 5.72. The molecule has 0 unspecified atom stereocenters. The molecule has 25 heavy (non-hydrogen) atoms. The van der Waals surface area contributed by atoms with Crippen LogP contribution in [0.15, 0.2) is 41.8 Å². The van der Waals surface area contributed by atoms with Crippen molar-refractivity contribution in [3.05, 3.63) is 47.3 Å². The summed E-state index contributed by atoms with van der Waals surface area (Å²) in [4.78, 5) is 16.1. The van der Waals surface area contributed by atoms with Crippen molar-refractivity contribution in [1.29, 1.82) is 0 Å². The summed E-state index contributed by atoms with van der Waals surface area (Å²) >= 11 is 1.69. The second-order valence-corrected chi connectivity index (χ2v) is 7.49. The molecule has 5 heteroatoms. The number of benzene rings is 1. The van der Waals surface area contributed by atoms with E-state index in [1.54, 1.807) is 18.4 Å². The van der Waals surface area contributed by atoms with E-state index in [4.69, 9.17) is 4.74 Å². The van der Waals surface area contributed by atoms with Gasteiger partial charge in [-0.1, -0.05) is 18.2 Å². The van der Waals surface area contributed by atoms with Crippen LogP contribution in [0.2, 0.25) is 0 Å². The highest BCUT2D eigenvalue weighted by Crippen LogP contribution is 2.25. The van der Waals surface area contributed by atoms with Crippen LogP contribution in [0.25, 0.3) is 10.4 Å². The smallest absolute Gasteiger partial charge is 0.251 e. The monoisotopic (exact) mass is 358 g/mol. The maximum Gasteiger partial charge on any atom is 0.251 e. The number of rotatable bonds is 7.